The number of nitrogens with one attached hydrogen (secondary N) is 1. The lowest BCUT2D eigenvalue weighted by atomic mass is 10.1. The first-order valence-electron chi connectivity index (χ1n) is 8.19. The van der Waals surface area contributed by atoms with Crippen molar-refractivity contribution in [1.29, 1.82) is 0 Å². The van der Waals surface area contributed by atoms with E-state index in [0.29, 0.717) is 0 Å². The number of fused-ring (bicyclic) bond motifs is 3. The molecule has 0 bridgehead atoms. The molecular weight excluding hydrogens is 330 g/mol. The van der Waals surface area contributed by atoms with Gasteiger partial charge in [-0.05, 0) is 60.9 Å². The Labute approximate surface area is 151 Å². The van der Waals surface area contributed by atoms with Gasteiger partial charge in [0.2, 0.25) is 0 Å². The van der Waals surface area contributed by atoms with Gasteiger partial charge >= 0.3 is 0 Å². The molecule has 1 N–H and O–H groups in total. The molecule has 0 fully saturated rings. The molecule has 3 aromatic rings. The van der Waals surface area contributed by atoms with Gasteiger partial charge in [-0.25, -0.2) is 0 Å². The lowest BCUT2D eigenvalue weighted by Gasteiger charge is -2.15. The van der Waals surface area contributed by atoms with E-state index in [-0.39, 0.29) is 0 Å². The van der Waals surface area contributed by atoms with E-state index in [1.54, 1.807) is 0 Å². The Morgan fingerprint density at radius 3 is 2.08 bits per heavy atom. The molecule has 0 saturated carbocycles. The average Bonchev–Trinajstić information content (AvgIpc) is 2.66. The van der Waals surface area contributed by atoms with Gasteiger partial charge in [0.25, 0.3) is 0 Å². The molecule has 0 atom stereocenters. The highest BCUT2D eigenvalue weighted by atomic mass is 32.2. The summed E-state index contributed by atoms with van der Waals surface area (Å²) >= 11 is 3.68. The van der Waals surface area contributed by atoms with Crippen molar-refractivity contribution in [2.24, 2.45) is 0 Å². The summed E-state index contributed by atoms with van der Waals surface area (Å²) in [5, 5.41) is 3.68. The Morgan fingerprint density at radius 1 is 0.750 bits per heavy atom. The molecule has 120 valence electrons. The van der Waals surface area contributed by atoms with Crippen LogP contribution in [0.2, 0.25) is 0 Å². The van der Waals surface area contributed by atoms with Gasteiger partial charge in [0.1, 0.15) is 0 Å². The van der Waals surface area contributed by atoms with Gasteiger partial charge in [-0.2, -0.15) is 0 Å². The third kappa shape index (κ3) is 2.94. The van der Waals surface area contributed by atoms with Crippen molar-refractivity contribution in [3.8, 4) is 0 Å². The lowest BCUT2D eigenvalue weighted by Crippen LogP contribution is -1.97. The number of anilines is 2. The van der Waals surface area contributed by atoms with Gasteiger partial charge in [0.15, 0.2) is 0 Å². The van der Waals surface area contributed by atoms with Crippen LogP contribution in [-0.4, -0.2) is 0 Å². The molecule has 0 spiro atoms. The molecule has 3 aromatic carbocycles. The molecule has 0 aliphatic carbocycles. The smallest absolute Gasteiger partial charge is 0.0529 e. The van der Waals surface area contributed by atoms with Crippen LogP contribution in [-0.2, 0) is 6.42 Å². The van der Waals surface area contributed by atoms with Gasteiger partial charge < -0.3 is 5.32 Å². The van der Waals surface area contributed by atoms with Crippen molar-refractivity contribution in [1.82, 2.24) is 0 Å². The molecule has 1 aliphatic heterocycles. The highest BCUT2D eigenvalue weighted by molar-refractivity contribution is 8.02. The summed E-state index contributed by atoms with van der Waals surface area (Å²) in [6.07, 6.45) is 1.05. The summed E-state index contributed by atoms with van der Waals surface area (Å²) in [6, 6.07) is 21.9. The maximum atomic E-state index is 3.68. The van der Waals surface area contributed by atoms with E-state index in [1.165, 1.54) is 42.1 Å². The van der Waals surface area contributed by atoms with Crippen LogP contribution in [0.25, 0.3) is 0 Å². The summed E-state index contributed by atoms with van der Waals surface area (Å²) in [4.78, 5) is 5.17. The van der Waals surface area contributed by atoms with E-state index < -0.39 is 0 Å². The molecule has 0 saturated heterocycles. The summed E-state index contributed by atoms with van der Waals surface area (Å²) in [5.41, 5.74) is 5.14. The standard InChI is InChI=1S/C21H19NS2/c1-3-15-13-17-21(12-14(15)2)24-20-11-7-6-10-19(20)23-18-9-5-4-8-16(18)22-17/h4-13,22H,3H2,1-2H3. The number of hydrogen-bond acceptors (Lipinski definition) is 3. The second-order valence-electron chi connectivity index (χ2n) is 5.90. The minimum Gasteiger partial charge on any atom is -0.354 e. The number of hydrogen-bond donors (Lipinski definition) is 1. The predicted octanol–water partition coefficient (Wildman–Crippen LogP) is 6.92. The minimum atomic E-state index is 1.05. The molecule has 1 nitrogen and oxygen atoms in total. The molecule has 4 rings (SSSR count). The largest absolute Gasteiger partial charge is 0.354 e. The van der Waals surface area contributed by atoms with E-state index in [9.17, 15) is 0 Å². The van der Waals surface area contributed by atoms with E-state index in [2.05, 4.69) is 79.8 Å². The molecule has 1 aliphatic rings. The Balaban J connectivity index is 1.94. The zero-order valence-corrected chi connectivity index (χ0v) is 15.4. The van der Waals surface area contributed by atoms with Gasteiger partial charge in [-0.3, -0.25) is 0 Å². The lowest BCUT2D eigenvalue weighted by molar-refractivity contribution is 1.10. The summed E-state index contributed by atoms with van der Waals surface area (Å²) in [6.45, 7) is 4.43. The Bertz CT molecular complexity index is 902. The van der Waals surface area contributed by atoms with Gasteiger partial charge in [-0.1, -0.05) is 54.7 Å². The molecule has 3 heteroatoms. The van der Waals surface area contributed by atoms with Gasteiger partial charge in [0.05, 0.1) is 11.4 Å². The van der Waals surface area contributed by atoms with E-state index in [1.807, 2.05) is 23.5 Å². The van der Waals surface area contributed by atoms with E-state index in [0.717, 1.165) is 6.42 Å². The molecule has 0 radical (unpaired) electrons. The minimum absolute atomic E-state index is 1.05. The fourth-order valence-electron chi connectivity index (χ4n) is 2.95. The quantitative estimate of drug-likeness (QED) is 0.401. The van der Waals surface area contributed by atoms with Crippen molar-refractivity contribution < 1.29 is 0 Å². The van der Waals surface area contributed by atoms with Crippen molar-refractivity contribution in [3.05, 3.63) is 71.8 Å². The monoisotopic (exact) mass is 349 g/mol. The average molecular weight is 350 g/mol. The third-order valence-electron chi connectivity index (χ3n) is 4.26. The van der Waals surface area contributed by atoms with Crippen LogP contribution in [0.5, 0.6) is 0 Å². The topological polar surface area (TPSA) is 12.0 Å². The highest BCUT2D eigenvalue weighted by Crippen LogP contribution is 2.46. The Kier molecular flexibility index (Phi) is 4.30. The molecule has 1 heterocycles. The number of rotatable bonds is 1. The van der Waals surface area contributed by atoms with E-state index >= 15 is 0 Å². The Morgan fingerprint density at radius 2 is 1.38 bits per heavy atom. The number of benzene rings is 3. The summed E-state index contributed by atoms with van der Waals surface area (Å²) in [7, 11) is 0. The fourth-order valence-corrected chi connectivity index (χ4v) is 5.13. The zero-order valence-electron chi connectivity index (χ0n) is 13.8. The molecule has 0 aromatic heterocycles. The third-order valence-corrected chi connectivity index (χ3v) is 6.68. The van der Waals surface area contributed by atoms with Gasteiger partial charge in [-0.15, -0.1) is 0 Å². The van der Waals surface area contributed by atoms with Crippen LogP contribution >= 0.6 is 23.5 Å². The van der Waals surface area contributed by atoms with Crippen molar-refractivity contribution in [2.75, 3.05) is 5.32 Å². The molecule has 0 unspecified atom stereocenters. The number of para-hydroxylation sites is 1. The Hall–Kier alpha value is -1.84. The first-order chi connectivity index (χ1) is 11.7. The zero-order chi connectivity index (χ0) is 16.5. The number of aryl methyl sites for hydroxylation is 2. The van der Waals surface area contributed by atoms with Crippen LogP contribution in [0.15, 0.2) is 80.2 Å². The maximum absolute atomic E-state index is 3.68. The SMILES string of the molecule is CCc1cc2c(cc1C)Sc1ccccc1Sc1ccccc1N2. The normalized spacial score (nSPS) is 12.8. The van der Waals surface area contributed by atoms with Crippen LogP contribution in [0, 0.1) is 6.92 Å². The molecule has 0 amide bonds. The van der Waals surface area contributed by atoms with Crippen molar-refractivity contribution in [3.63, 3.8) is 0 Å². The van der Waals surface area contributed by atoms with Crippen LogP contribution < -0.4 is 5.32 Å². The first-order valence-corrected chi connectivity index (χ1v) is 9.82. The van der Waals surface area contributed by atoms with Crippen LogP contribution in [0.4, 0.5) is 11.4 Å². The van der Waals surface area contributed by atoms with Crippen LogP contribution in [0.3, 0.4) is 0 Å². The maximum Gasteiger partial charge on any atom is 0.0529 e. The first kappa shape index (κ1) is 15.7. The summed E-state index contributed by atoms with van der Waals surface area (Å²) < 4.78 is 0. The van der Waals surface area contributed by atoms with E-state index in [4.69, 9.17) is 0 Å². The summed E-state index contributed by atoms with van der Waals surface area (Å²) in [5.74, 6) is 0. The molecule has 24 heavy (non-hydrogen) atoms. The van der Waals surface area contributed by atoms with Crippen molar-refractivity contribution in [2.45, 2.75) is 39.9 Å². The van der Waals surface area contributed by atoms with Crippen molar-refractivity contribution >= 4 is 34.9 Å². The van der Waals surface area contributed by atoms with Crippen LogP contribution in [0.1, 0.15) is 18.1 Å². The molecular formula is C21H19NS2. The predicted molar refractivity (Wildman–Crippen MR) is 105 cm³/mol. The van der Waals surface area contributed by atoms with Gasteiger partial charge in [0, 0.05) is 19.6 Å². The highest BCUT2D eigenvalue weighted by Gasteiger charge is 2.16. The second kappa shape index (κ2) is 6.58. The second-order valence-corrected chi connectivity index (χ2v) is 8.07. The fraction of sp³-hybridized carbons (Fsp3) is 0.143.